The third-order valence-electron chi connectivity index (χ3n) is 5.99. The number of anilines is 1. The van der Waals surface area contributed by atoms with Crippen LogP contribution in [-0.4, -0.2) is 53.0 Å². The normalized spacial score (nSPS) is 12.8. The lowest BCUT2D eigenvalue weighted by Gasteiger charge is -2.34. The zero-order valence-corrected chi connectivity index (χ0v) is 24.8. The zero-order chi connectivity index (χ0) is 28.5. The van der Waals surface area contributed by atoms with Crippen LogP contribution in [0.1, 0.15) is 68.8 Å². The van der Waals surface area contributed by atoms with Gasteiger partial charge in [-0.15, -0.1) is 0 Å². The summed E-state index contributed by atoms with van der Waals surface area (Å²) in [4.78, 5) is 42.3. The molecule has 0 saturated heterocycles. The van der Waals surface area contributed by atoms with Crippen LogP contribution >= 0.6 is 11.8 Å². The molecule has 0 spiro atoms. The van der Waals surface area contributed by atoms with E-state index in [0.717, 1.165) is 27.9 Å². The first kappa shape index (κ1) is 31.2. The number of carbonyl (C=O) groups is 3. The van der Waals surface area contributed by atoms with Crippen LogP contribution in [0.25, 0.3) is 0 Å². The second-order valence-corrected chi connectivity index (χ2v) is 11.6. The molecule has 0 aliphatic rings. The van der Waals surface area contributed by atoms with Crippen molar-refractivity contribution in [2.24, 2.45) is 0 Å². The number of nitrogens with one attached hydrogen (secondary N) is 2. The third kappa shape index (κ3) is 9.08. The van der Waals surface area contributed by atoms with Gasteiger partial charge in [0, 0.05) is 12.2 Å². The van der Waals surface area contributed by atoms with Crippen molar-refractivity contribution in [3.8, 4) is 0 Å². The number of alkyl carbamates (subject to hydrolysis) is 1. The van der Waals surface area contributed by atoms with Gasteiger partial charge in [-0.05, 0) is 83.1 Å². The highest BCUT2D eigenvalue weighted by Gasteiger charge is 2.36. The van der Waals surface area contributed by atoms with E-state index in [1.54, 1.807) is 37.4 Å². The maximum absolute atomic E-state index is 14.1. The van der Waals surface area contributed by atoms with Gasteiger partial charge in [-0.3, -0.25) is 9.59 Å². The number of rotatable bonds is 11. The third-order valence-corrected chi connectivity index (χ3v) is 6.64. The Morgan fingerprint density at radius 1 is 1.03 bits per heavy atom. The molecule has 0 heterocycles. The van der Waals surface area contributed by atoms with Crippen LogP contribution in [0.3, 0.4) is 0 Å². The molecule has 8 heteroatoms. The van der Waals surface area contributed by atoms with Crippen molar-refractivity contribution in [1.29, 1.82) is 0 Å². The van der Waals surface area contributed by atoms with Crippen LogP contribution < -0.4 is 10.6 Å². The number of hydrogen-bond donors (Lipinski definition) is 2. The minimum Gasteiger partial charge on any atom is -0.444 e. The molecule has 0 aliphatic heterocycles. The number of nitrogens with zero attached hydrogens (tertiary/aromatic N) is 1. The summed E-state index contributed by atoms with van der Waals surface area (Å²) in [5, 5.41) is 5.87. The lowest BCUT2D eigenvalue weighted by atomic mass is 9.99. The number of ether oxygens (including phenoxy) is 1. The van der Waals surface area contributed by atoms with E-state index in [1.807, 2.05) is 76.4 Å². The van der Waals surface area contributed by atoms with Gasteiger partial charge in [-0.25, -0.2) is 4.79 Å². The van der Waals surface area contributed by atoms with E-state index >= 15 is 0 Å². The van der Waals surface area contributed by atoms with Gasteiger partial charge in [-0.2, -0.15) is 11.8 Å². The predicted octanol–water partition coefficient (Wildman–Crippen LogP) is 6.18. The molecule has 2 aromatic carbocycles. The molecule has 38 heavy (non-hydrogen) atoms. The van der Waals surface area contributed by atoms with Crippen molar-refractivity contribution in [2.75, 3.05) is 23.9 Å². The number of benzene rings is 2. The minimum atomic E-state index is -0.876. The van der Waals surface area contributed by atoms with Gasteiger partial charge < -0.3 is 20.3 Å². The number of aryl methyl sites for hydroxylation is 3. The fraction of sp³-hybridized carbons (Fsp3) is 0.500. The molecule has 0 aromatic heterocycles. The number of hydrogen-bond acceptors (Lipinski definition) is 5. The summed E-state index contributed by atoms with van der Waals surface area (Å²) in [7, 11) is 0. The average molecular weight is 542 g/mol. The van der Waals surface area contributed by atoms with Crippen LogP contribution in [0.5, 0.6) is 0 Å². The molecule has 0 bridgehead atoms. The summed E-state index contributed by atoms with van der Waals surface area (Å²) >= 11 is 1.59. The Balaban J connectivity index is 2.52. The molecular weight excluding hydrogens is 498 g/mol. The lowest BCUT2D eigenvalue weighted by Crippen LogP contribution is -2.52. The zero-order valence-electron chi connectivity index (χ0n) is 24.0. The van der Waals surface area contributed by atoms with Crippen LogP contribution in [0.4, 0.5) is 10.5 Å². The second kappa shape index (κ2) is 14.2. The molecule has 7 nitrogen and oxygen atoms in total. The molecule has 2 atom stereocenters. The summed E-state index contributed by atoms with van der Waals surface area (Å²) < 4.78 is 5.44. The number of thioether (sulfide) groups is 1. The van der Waals surface area contributed by atoms with Crippen molar-refractivity contribution in [1.82, 2.24) is 10.2 Å². The quantitative estimate of drug-likeness (QED) is 0.355. The first-order valence-electron chi connectivity index (χ1n) is 13.1. The van der Waals surface area contributed by atoms with E-state index in [1.165, 1.54) is 0 Å². The monoisotopic (exact) mass is 541 g/mol. The van der Waals surface area contributed by atoms with E-state index in [9.17, 15) is 14.4 Å². The topological polar surface area (TPSA) is 87.7 Å². The molecule has 2 rings (SSSR count). The number of para-hydroxylation sites is 1. The molecule has 2 N–H and O–H groups in total. The number of amides is 3. The highest BCUT2D eigenvalue weighted by molar-refractivity contribution is 7.98. The summed E-state index contributed by atoms with van der Waals surface area (Å²) in [6.07, 6.45) is 2.36. The van der Waals surface area contributed by atoms with Gasteiger partial charge in [0.05, 0.1) is 0 Å². The SMILES string of the molecule is CCCN(C(=O)C(CCSC)NC(=O)OC(C)(C)C)C(C(=O)Nc1c(C)cccc1C)c1cccc(C)c1. The molecule has 2 unspecified atom stereocenters. The molecule has 0 fully saturated rings. The van der Waals surface area contributed by atoms with Crippen molar-refractivity contribution < 1.29 is 19.1 Å². The summed E-state index contributed by atoms with van der Waals surface area (Å²) in [6, 6.07) is 11.8. The molecular formula is C30H43N3O4S. The van der Waals surface area contributed by atoms with Crippen molar-refractivity contribution in [2.45, 2.75) is 79.0 Å². The fourth-order valence-electron chi connectivity index (χ4n) is 4.27. The van der Waals surface area contributed by atoms with Gasteiger partial charge in [0.2, 0.25) is 5.91 Å². The van der Waals surface area contributed by atoms with E-state index in [2.05, 4.69) is 10.6 Å². The van der Waals surface area contributed by atoms with Gasteiger partial charge in [0.15, 0.2) is 0 Å². The number of carbonyl (C=O) groups excluding carboxylic acids is 3. The largest absolute Gasteiger partial charge is 0.444 e. The Morgan fingerprint density at radius 2 is 1.66 bits per heavy atom. The van der Waals surface area contributed by atoms with Gasteiger partial charge in [-0.1, -0.05) is 55.0 Å². The predicted molar refractivity (Wildman–Crippen MR) is 157 cm³/mol. The standard InChI is InChI=1S/C30H43N3O4S/c1-9-17-33(28(35)24(16-18-38-8)31-29(36)37-30(5,6)7)26(23-15-10-12-20(2)19-23)27(34)32-25-21(3)13-11-14-22(25)4/h10-15,19,24,26H,9,16-18H2,1-8H3,(H,31,36)(H,32,34). The van der Waals surface area contributed by atoms with Crippen LogP contribution in [0.2, 0.25) is 0 Å². The van der Waals surface area contributed by atoms with Crippen LogP contribution in [0, 0.1) is 20.8 Å². The maximum atomic E-state index is 14.1. The smallest absolute Gasteiger partial charge is 0.408 e. The van der Waals surface area contributed by atoms with E-state index in [0.29, 0.717) is 25.1 Å². The summed E-state index contributed by atoms with van der Waals surface area (Å²) in [5.74, 6) is 0.0567. The first-order valence-corrected chi connectivity index (χ1v) is 14.5. The second-order valence-electron chi connectivity index (χ2n) is 10.6. The van der Waals surface area contributed by atoms with Crippen molar-refractivity contribution in [3.05, 3.63) is 64.7 Å². The fourth-order valence-corrected chi connectivity index (χ4v) is 4.74. The average Bonchev–Trinajstić information content (AvgIpc) is 2.82. The van der Waals surface area contributed by atoms with Crippen LogP contribution in [0.15, 0.2) is 42.5 Å². The Bertz CT molecular complexity index is 1090. The van der Waals surface area contributed by atoms with E-state index < -0.39 is 23.8 Å². The lowest BCUT2D eigenvalue weighted by molar-refractivity contribution is -0.140. The molecule has 2 aromatic rings. The molecule has 0 radical (unpaired) electrons. The molecule has 0 aliphatic carbocycles. The molecule has 0 saturated carbocycles. The summed E-state index contributed by atoms with van der Waals surface area (Å²) in [6.45, 7) is 13.5. The first-order chi connectivity index (χ1) is 17.9. The van der Waals surface area contributed by atoms with Gasteiger partial charge >= 0.3 is 6.09 Å². The minimum absolute atomic E-state index is 0.296. The molecule has 208 valence electrons. The Hall–Kier alpha value is -3.00. The maximum Gasteiger partial charge on any atom is 0.408 e. The van der Waals surface area contributed by atoms with Crippen molar-refractivity contribution in [3.63, 3.8) is 0 Å². The highest BCUT2D eigenvalue weighted by Crippen LogP contribution is 2.28. The van der Waals surface area contributed by atoms with Crippen LogP contribution in [-0.2, 0) is 14.3 Å². The highest BCUT2D eigenvalue weighted by atomic mass is 32.2. The van der Waals surface area contributed by atoms with Crippen molar-refractivity contribution >= 4 is 35.4 Å². The Morgan fingerprint density at radius 3 is 2.21 bits per heavy atom. The Labute approximate surface area is 232 Å². The van der Waals surface area contributed by atoms with Gasteiger partial charge in [0.1, 0.15) is 17.7 Å². The van der Waals surface area contributed by atoms with E-state index in [-0.39, 0.29) is 11.8 Å². The van der Waals surface area contributed by atoms with Gasteiger partial charge in [0.25, 0.3) is 5.91 Å². The summed E-state index contributed by atoms with van der Waals surface area (Å²) in [5.41, 5.74) is 3.64. The Kier molecular flexibility index (Phi) is 11.7. The van der Waals surface area contributed by atoms with E-state index in [4.69, 9.17) is 4.74 Å². The molecule has 3 amide bonds.